The molecule has 1 amide bonds. The van der Waals surface area contributed by atoms with Gasteiger partial charge in [0.1, 0.15) is 17.5 Å². The van der Waals surface area contributed by atoms with Crippen molar-refractivity contribution in [2.24, 2.45) is 0 Å². The van der Waals surface area contributed by atoms with Crippen molar-refractivity contribution in [3.05, 3.63) is 58.9 Å². The van der Waals surface area contributed by atoms with E-state index in [9.17, 15) is 14.3 Å². The van der Waals surface area contributed by atoms with Crippen LogP contribution < -0.4 is 15.4 Å². The molecule has 6 heteroatoms. The van der Waals surface area contributed by atoms with E-state index in [0.717, 1.165) is 18.4 Å². The summed E-state index contributed by atoms with van der Waals surface area (Å²) in [5, 5.41) is 15.5. The molecule has 3 rings (SSSR count). The fourth-order valence-electron chi connectivity index (χ4n) is 3.97. The van der Waals surface area contributed by atoms with Gasteiger partial charge in [-0.05, 0) is 61.8 Å². The van der Waals surface area contributed by atoms with E-state index in [0.29, 0.717) is 24.5 Å². The second-order valence-corrected chi connectivity index (χ2v) is 8.65. The Bertz CT molecular complexity index is 908. The molecule has 0 heterocycles. The summed E-state index contributed by atoms with van der Waals surface area (Å²) < 4.78 is 20.9. The molecule has 2 aromatic carbocycles. The smallest absolute Gasteiger partial charge is 0.251 e. The maximum absolute atomic E-state index is 14.8. The Morgan fingerprint density at radius 2 is 1.77 bits per heavy atom. The molecule has 0 bridgehead atoms. The van der Waals surface area contributed by atoms with Crippen LogP contribution in [0.4, 0.5) is 10.1 Å². The zero-order valence-electron chi connectivity index (χ0n) is 18.7. The highest BCUT2D eigenvalue weighted by Gasteiger charge is 2.23. The summed E-state index contributed by atoms with van der Waals surface area (Å²) in [4.78, 5) is 12.8. The molecular weight excluding hydrogens is 395 g/mol. The fourth-order valence-corrected chi connectivity index (χ4v) is 3.97. The molecule has 1 fully saturated rings. The topological polar surface area (TPSA) is 70.6 Å². The van der Waals surface area contributed by atoms with Gasteiger partial charge >= 0.3 is 0 Å². The number of carbonyl (C=O) groups excluding carboxylic acids is 1. The molecule has 1 aliphatic rings. The highest BCUT2D eigenvalue weighted by molar-refractivity contribution is 5.95. The molecule has 3 N–H and O–H groups in total. The zero-order valence-corrected chi connectivity index (χ0v) is 18.7. The van der Waals surface area contributed by atoms with Crippen LogP contribution in [0.5, 0.6) is 5.75 Å². The quantitative estimate of drug-likeness (QED) is 0.569. The van der Waals surface area contributed by atoms with Gasteiger partial charge in [-0.2, -0.15) is 0 Å². The molecule has 168 valence electrons. The Hall–Kier alpha value is -2.60. The van der Waals surface area contributed by atoms with Gasteiger partial charge in [-0.1, -0.05) is 38.1 Å². The van der Waals surface area contributed by atoms with E-state index in [1.54, 1.807) is 13.1 Å². The van der Waals surface area contributed by atoms with Crippen molar-refractivity contribution in [1.29, 1.82) is 0 Å². The second-order valence-electron chi connectivity index (χ2n) is 8.65. The lowest BCUT2D eigenvalue weighted by molar-refractivity contribution is 0.0866. The highest BCUT2D eigenvalue weighted by atomic mass is 19.1. The van der Waals surface area contributed by atoms with Crippen molar-refractivity contribution in [1.82, 2.24) is 5.32 Å². The van der Waals surface area contributed by atoms with Crippen molar-refractivity contribution < 1.29 is 19.0 Å². The molecule has 0 aromatic heterocycles. The van der Waals surface area contributed by atoms with Crippen molar-refractivity contribution in [2.45, 2.75) is 70.6 Å². The van der Waals surface area contributed by atoms with Gasteiger partial charge in [-0.3, -0.25) is 4.79 Å². The normalized spacial score (nSPS) is 19.7. The Balaban J connectivity index is 1.80. The predicted octanol–water partition coefficient (Wildman–Crippen LogP) is 5.16. The van der Waals surface area contributed by atoms with Crippen LogP contribution in [0.15, 0.2) is 36.4 Å². The van der Waals surface area contributed by atoms with Crippen LogP contribution >= 0.6 is 0 Å². The summed E-state index contributed by atoms with van der Waals surface area (Å²) in [6.07, 6.45) is 2.16. The number of anilines is 1. The molecule has 31 heavy (non-hydrogen) atoms. The van der Waals surface area contributed by atoms with Gasteiger partial charge in [0, 0.05) is 18.7 Å². The number of aliphatic hydroxyl groups is 1. The van der Waals surface area contributed by atoms with Crippen LogP contribution in [0.25, 0.3) is 0 Å². The Labute approximate surface area is 184 Å². The number of benzene rings is 2. The third kappa shape index (κ3) is 5.76. The van der Waals surface area contributed by atoms with Crippen molar-refractivity contribution in [3.8, 4) is 5.75 Å². The summed E-state index contributed by atoms with van der Waals surface area (Å²) in [5.74, 6) is -0.172. The summed E-state index contributed by atoms with van der Waals surface area (Å²) in [7, 11) is 1.63. The minimum atomic E-state index is -0.535. The van der Waals surface area contributed by atoms with Gasteiger partial charge < -0.3 is 20.5 Å². The summed E-state index contributed by atoms with van der Waals surface area (Å²) in [5.41, 5.74) is 2.65. The third-order valence-corrected chi connectivity index (χ3v) is 5.95. The van der Waals surface area contributed by atoms with Crippen LogP contribution in [-0.4, -0.2) is 30.2 Å². The summed E-state index contributed by atoms with van der Waals surface area (Å²) in [6, 6.07) is 11.0. The average molecular weight is 429 g/mol. The van der Waals surface area contributed by atoms with Crippen LogP contribution in [0.2, 0.25) is 0 Å². The highest BCUT2D eigenvalue weighted by Crippen LogP contribution is 2.33. The van der Waals surface area contributed by atoms with Crippen LogP contribution in [0.3, 0.4) is 0 Å². The van der Waals surface area contributed by atoms with Gasteiger partial charge in [0.25, 0.3) is 5.91 Å². The standard InChI is InChI=1S/C25H33FN2O3/c1-15(2)17-6-5-7-18(12-17)16(3)31-23-14-19(13-22(26)24(23)27-4)25(30)28-20-8-10-21(29)11-9-20/h5-7,12-16,20-21,27,29H,8-11H2,1-4H3,(H,28,30). The molecule has 1 aliphatic carbocycles. The first-order valence-corrected chi connectivity index (χ1v) is 11.0. The monoisotopic (exact) mass is 428 g/mol. The zero-order chi connectivity index (χ0) is 22.5. The van der Waals surface area contributed by atoms with Gasteiger partial charge in [0.05, 0.1) is 6.10 Å². The minimum absolute atomic E-state index is 0.00926. The van der Waals surface area contributed by atoms with Crippen molar-refractivity contribution >= 4 is 11.6 Å². The molecule has 2 aromatic rings. The molecular formula is C25H33FN2O3. The molecule has 5 nitrogen and oxygen atoms in total. The van der Waals surface area contributed by atoms with Gasteiger partial charge in [-0.15, -0.1) is 0 Å². The van der Waals surface area contributed by atoms with Crippen LogP contribution in [-0.2, 0) is 0 Å². The number of hydrogen-bond acceptors (Lipinski definition) is 4. The lowest BCUT2D eigenvalue weighted by Gasteiger charge is -2.26. The van der Waals surface area contributed by atoms with Crippen molar-refractivity contribution in [3.63, 3.8) is 0 Å². The molecule has 0 saturated heterocycles. The Kier molecular flexibility index (Phi) is 7.55. The molecule has 0 radical (unpaired) electrons. The number of carbonyl (C=O) groups is 1. The maximum atomic E-state index is 14.8. The molecule has 1 saturated carbocycles. The Morgan fingerprint density at radius 1 is 1.10 bits per heavy atom. The fraction of sp³-hybridized carbons (Fsp3) is 0.480. The largest absolute Gasteiger partial charge is 0.484 e. The van der Waals surface area contributed by atoms with E-state index >= 15 is 0 Å². The van der Waals surface area contributed by atoms with Gasteiger partial charge in [0.15, 0.2) is 5.82 Å². The number of rotatable bonds is 7. The third-order valence-electron chi connectivity index (χ3n) is 5.95. The molecule has 1 atom stereocenters. The lowest BCUT2D eigenvalue weighted by atomic mass is 9.93. The minimum Gasteiger partial charge on any atom is -0.484 e. The van der Waals surface area contributed by atoms with Crippen LogP contribution in [0.1, 0.15) is 80.0 Å². The first kappa shape index (κ1) is 23.1. The number of halogens is 1. The van der Waals surface area contributed by atoms with E-state index in [1.165, 1.54) is 11.6 Å². The number of aliphatic hydroxyl groups excluding tert-OH is 1. The predicted molar refractivity (Wildman–Crippen MR) is 121 cm³/mol. The van der Waals surface area contributed by atoms with E-state index in [-0.39, 0.29) is 35.4 Å². The summed E-state index contributed by atoms with van der Waals surface area (Å²) in [6.45, 7) is 6.18. The number of ether oxygens (including phenoxy) is 1. The second kappa shape index (κ2) is 10.1. The lowest BCUT2D eigenvalue weighted by Crippen LogP contribution is -2.38. The van der Waals surface area contributed by atoms with E-state index in [1.807, 2.05) is 19.1 Å². The number of amides is 1. The first-order chi connectivity index (χ1) is 14.8. The Morgan fingerprint density at radius 3 is 2.42 bits per heavy atom. The van der Waals surface area contributed by atoms with Gasteiger partial charge in [-0.25, -0.2) is 4.39 Å². The molecule has 0 aliphatic heterocycles. The van der Waals surface area contributed by atoms with Crippen molar-refractivity contribution in [2.75, 3.05) is 12.4 Å². The van der Waals surface area contributed by atoms with Gasteiger partial charge in [0.2, 0.25) is 0 Å². The molecule has 1 unspecified atom stereocenters. The van der Waals surface area contributed by atoms with E-state index in [2.05, 4.69) is 36.6 Å². The molecule has 0 spiro atoms. The summed E-state index contributed by atoms with van der Waals surface area (Å²) >= 11 is 0. The number of hydrogen-bond donors (Lipinski definition) is 3. The SMILES string of the molecule is CNc1c(F)cc(C(=O)NC2CCC(O)CC2)cc1OC(C)c1cccc(C(C)C)c1. The van der Waals surface area contributed by atoms with Crippen LogP contribution in [0, 0.1) is 5.82 Å². The van der Waals surface area contributed by atoms with E-state index in [4.69, 9.17) is 4.74 Å². The maximum Gasteiger partial charge on any atom is 0.251 e. The number of nitrogens with one attached hydrogen (secondary N) is 2. The first-order valence-electron chi connectivity index (χ1n) is 11.0. The van der Waals surface area contributed by atoms with E-state index < -0.39 is 5.82 Å². The average Bonchev–Trinajstić information content (AvgIpc) is 2.75.